The number of aliphatic hydroxyl groups excluding tert-OH is 1. The molecule has 0 radical (unpaired) electrons. The minimum atomic E-state index is -0.593. The van der Waals surface area contributed by atoms with Crippen LogP contribution in [-0.2, 0) is 27.3 Å². The van der Waals surface area contributed by atoms with Crippen molar-refractivity contribution in [1.82, 2.24) is 5.32 Å². The maximum atomic E-state index is 12.2. The third-order valence-electron chi connectivity index (χ3n) is 5.37. The van der Waals surface area contributed by atoms with E-state index in [4.69, 9.17) is 14.0 Å². The number of rotatable bonds is 7. The standard InChI is InChI=1S/C22H28BNO5S/c1-21(2)22(3,4)29-23(28-21)17(12-18-10-11-19(14-25)30-18)13-24-20(26)27-15-16-8-6-5-7-9-16/h5-12,25H,13-15H2,1-4H3,(H,24,26). The molecule has 160 valence electrons. The molecule has 1 aliphatic heterocycles. The molecule has 0 bridgehead atoms. The summed E-state index contributed by atoms with van der Waals surface area (Å²) in [5.74, 6) is 0. The lowest BCUT2D eigenvalue weighted by Crippen LogP contribution is -2.41. The molecule has 6 nitrogen and oxygen atoms in total. The van der Waals surface area contributed by atoms with Gasteiger partial charge in [-0.25, -0.2) is 4.79 Å². The number of carbonyl (C=O) groups excluding carboxylic acids is 1. The fourth-order valence-electron chi connectivity index (χ4n) is 2.88. The van der Waals surface area contributed by atoms with Crippen molar-refractivity contribution in [2.75, 3.05) is 6.54 Å². The van der Waals surface area contributed by atoms with Gasteiger partial charge in [0, 0.05) is 16.3 Å². The van der Waals surface area contributed by atoms with Gasteiger partial charge >= 0.3 is 13.2 Å². The molecule has 1 aliphatic rings. The fourth-order valence-corrected chi connectivity index (χ4v) is 3.73. The molecule has 0 saturated carbocycles. The smallest absolute Gasteiger partial charge is 0.445 e. The van der Waals surface area contributed by atoms with Gasteiger partial charge in [0.25, 0.3) is 0 Å². The summed E-state index contributed by atoms with van der Waals surface area (Å²) in [6, 6.07) is 13.3. The fraction of sp³-hybridized carbons (Fsp3) is 0.409. The second-order valence-electron chi connectivity index (χ2n) is 8.18. The molecule has 0 aliphatic carbocycles. The van der Waals surface area contributed by atoms with Crippen LogP contribution >= 0.6 is 11.3 Å². The molecule has 2 N–H and O–H groups in total. The maximum absolute atomic E-state index is 12.2. The lowest BCUT2D eigenvalue weighted by atomic mass is 9.77. The molecular formula is C22H28BNO5S. The molecule has 1 aromatic carbocycles. The van der Waals surface area contributed by atoms with Gasteiger partial charge in [-0.2, -0.15) is 0 Å². The molecule has 30 heavy (non-hydrogen) atoms. The van der Waals surface area contributed by atoms with Crippen LogP contribution in [0.3, 0.4) is 0 Å². The van der Waals surface area contributed by atoms with Crippen molar-refractivity contribution in [2.45, 2.75) is 52.1 Å². The first-order chi connectivity index (χ1) is 14.2. The summed E-state index contributed by atoms with van der Waals surface area (Å²) in [5, 5.41) is 12.1. The molecule has 3 rings (SSSR count). The number of hydrogen-bond donors (Lipinski definition) is 2. The average molecular weight is 429 g/mol. The molecule has 0 atom stereocenters. The van der Waals surface area contributed by atoms with Gasteiger partial charge in [-0.05, 0) is 56.9 Å². The van der Waals surface area contributed by atoms with Crippen molar-refractivity contribution in [3.8, 4) is 0 Å². The number of alkyl carbamates (subject to hydrolysis) is 1. The number of carbonyl (C=O) groups is 1. The van der Waals surface area contributed by atoms with Crippen LogP contribution in [0.25, 0.3) is 6.08 Å². The molecule has 1 fully saturated rings. The van der Waals surface area contributed by atoms with Crippen molar-refractivity contribution in [3.63, 3.8) is 0 Å². The van der Waals surface area contributed by atoms with E-state index in [-0.39, 0.29) is 19.8 Å². The highest BCUT2D eigenvalue weighted by molar-refractivity contribution is 7.12. The molecule has 2 aromatic rings. The van der Waals surface area contributed by atoms with Crippen molar-refractivity contribution in [3.05, 3.63) is 63.3 Å². The van der Waals surface area contributed by atoms with Crippen LogP contribution in [0.5, 0.6) is 0 Å². The third kappa shape index (κ3) is 5.52. The summed E-state index contributed by atoms with van der Waals surface area (Å²) in [7, 11) is -0.593. The lowest BCUT2D eigenvalue weighted by Gasteiger charge is -2.32. The monoisotopic (exact) mass is 429 g/mol. The Balaban J connectivity index is 1.69. The van der Waals surface area contributed by atoms with Gasteiger partial charge in [0.1, 0.15) is 6.61 Å². The minimum Gasteiger partial charge on any atom is -0.445 e. The molecule has 1 aromatic heterocycles. The van der Waals surface area contributed by atoms with Crippen LogP contribution in [0.1, 0.15) is 43.0 Å². The normalized spacial score (nSPS) is 17.8. The van der Waals surface area contributed by atoms with Gasteiger partial charge in [0.2, 0.25) is 0 Å². The van der Waals surface area contributed by atoms with Crippen molar-refractivity contribution >= 4 is 30.6 Å². The largest absolute Gasteiger partial charge is 0.492 e. The van der Waals surface area contributed by atoms with E-state index in [0.29, 0.717) is 0 Å². The Labute approximate surface area is 182 Å². The van der Waals surface area contributed by atoms with E-state index in [1.54, 1.807) is 0 Å². The van der Waals surface area contributed by atoms with E-state index in [2.05, 4.69) is 5.32 Å². The quantitative estimate of drug-likeness (QED) is 0.646. The van der Waals surface area contributed by atoms with E-state index in [1.165, 1.54) is 11.3 Å². The molecule has 8 heteroatoms. The maximum Gasteiger partial charge on any atom is 0.492 e. The molecule has 1 saturated heterocycles. The molecular weight excluding hydrogens is 401 g/mol. The summed E-state index contributed by atoms with van der Waals surface area (Å²) < 4.78 is 17.6. The Morgan fingerprint density at radius 3 is 2.40 bits per heavy atom. The summed E-state index contributed by atoms with van der Waals surface area (Å²) >= 11 is 1.48. The summed E-state index contributed by atoms with van der Waals surface area (Å²) in [6.07, 6.45) is 1.42. The molecule has 0 spiro atoms. The van der Waals surface area contributed by atoms with Crippen LogP contribution in [-0.4, -0.2) is 36.1 Å². The highest BCUT2D eigenvalue weighted by Gasteiger charge is 2.52. The Morgan fingerprint density at radius 2 is 1.80 bits per heavy atom. The molecule has 2 heterocycles. The van der Waals surface area contributed by atoms with Crippen LogP contribution in [0, 0.1) is 0 Å². The number of thiophene rings is 1. The van der Waals surface area contributed by atoms with Crippen LogP contribution in [0.2, 0.25) is 0 Å². The summed E-state index contributed by atoms with van der Waals surface area (Å²) in [6.45, 7) is 8.36. The van der Waals surface area contributed by atoms with E-state index >= 15 is 0 Å². The minimum absolute atomic E-state index is 0.00556. The molecule has 1 amide bonds. The highest BCUT2D eigenvalue weighted by Crippen LogP contribution is 2.39. The lowest BCUT2D eigenvalue weighted by molar-refractivity contribution is 0.00578. The third-order valence-corrected chi connectivity index (χ3v) is 6.39. The Morgan fingerprint density at radius 1 is 1.13 bits per heavy atom. The topological polar surface area (TPSA) is 77.0 Å². The predicted octanol–water partition coefficient (Wildman–Crippen LogP) is 4.18. The number of benzene rings is 1. The number of nitrogens with one attached hydrogen (secondary N) is 1. The van der Waals surface area contributed by atoms with Crippen molar-refractivity contribution in [2.24, 2.45) is 0 Å². The number of ether oxygens (including phenoxy) is 1. The van der Waals surface area contributed by atoms with Crippen LogP contribution in [0.4, 0.5) is 4.79 Å². The van der Waals surface area contributed by atoms with Crippen LogP contribution in [0.15, 0.2) is 47.9 Å². The first kappa shape index (κ1) is 22.6. The zero-order chi connectivity index (χ0) is 21.8. The Bertz CT molecular complexity index is 878. The van der Waals surface area contributed by atoms with E-state index < -0.39 is 24.4 Å². The van der Waals surface area contributed by atoms with Gasteiger partial charge in [0.05, 0.1) is 17.8 Å². The van der Waals surface area contributed by atoms with Crippen LogP contribution < -0.4 is 5.32 Å². The Hall–Kier alpha value is -2.13. The molecule has 0 unspecified atom stereocenters. The summed E-state index contributed by atoms with van der Waals surface area (Å²) in [5.41, 5.74) is 0.716. The van der Waals surface area contributed by atoms with Gasteiger partial charge in [-0.15, -0.1) is 11.3 Å². The summed E-state index contributed by atoms with van der Waals surface area (Å²) in [4.78, 5) is 14.0. The van der Waals surface area contributed by atoms with Gasteiger partial charge in [-0.1, -0.05) is 30.3 Å². The van der Waals surface area contributed by atoms with E-state index in [0.717, 1.165) is 20.8 Å². The second kappa shape index (κ2) is 9.35. The number of hydrogen-bond acceptors (Lipinski definition) is 6. The predicted molar refractivity (Wildman–Crippen MR) is 119 cm³/mol. The zero-order valence-corrected chi connectivity index (χ0v) is 18.6. The SMILES string of the molecule is CC1(C)OB(C(=Cc2ccc(CO)s2)CNC(=O)OCc2ccccc2)OC1(C)C. The second-order valence-corrected chi connectivity index (χ2v) is 9.38. The number of aliphatic hydroxyl groups is 1. The van der Waals surface area contributed by atoms with Crippen molar-refractivity contribution in [1.29, 1.82) is 0 Å². The highest BCUT2D eigenvalue weighted by atomic mass is 32.1. The zero-order valence-electron chi connectivity index (χ0n) is 17.8. The van der Waals surface area contributed by atoms with E-state index in [1.807, 2.05) is 76.2 Å². The van der Waals surface area contributed by atoms with E-state index in [9.17, 15) is 9.90 Å². The van der Waals surface area contributed by atoms with Gasteiger partial charge in [0.15, 0.2) is 0 Å². The average Bonchev–Trinajstić information content (AvgIpc) is 3.25. The van der Waals surface area contributed by atoms with Gasteiger partial charge in [-0.3, -0.25) is 0 Å². The first-order valence-electron chi connectivity index (χ1n) is 9.90. The number of amides is 1. The Kier molecular flexibility index (Phi) is 7.03. The van der Waals surface area contributed by atoms with Crippen molar-refractivity contribution < 1.29 is 23.9 Å². The van der Waals surface area contributed by atoms with Gasteiger partial charge < -0.3 is 24.5 Å². The first-order valence-corrected chi connectivity index (χ1v) is 10.7.